The van der Waals surface area contributed by atoms with Crippen molar-refractivity contribution in [2.24, 2.45) is 0 Å². The van der Waals surface area contributed by atoms with Gasteiger partial charge in [0, 0.05) is 0 Å². The number of hydrogen-bond donors (Lipinski definition) is 1. The molecule has 0 aliphatic heterocycles. The summed E-state index contributed by atoms with van der Waals surface area (Å²) in [6, 6.07) is 5.79. The van der Waals surface area contributed by atoms with Crippen LogP contribution in [-0.4, -0.2) is 35.3 Å². The number of carbonyl (C=O) groups excluding carboxylic acids is 2. The van der Waals surface area contributed by atoms with E-state index in [1.807, 2.05) is 0 Å². The highest BCUT2D eigenvalue weighted by Gasteiger charge is 2.19. The second kappa shape index (κ2) is 6.38. The van der Waals surface area contributed by atoms with Crippen LogP contribution in [0.4, 0.5) is 4.39 Å². The number of ether oxygens (including phenoxy) is 1. The van der Waals surface area contributed by atoms with E-state index in [0.29, 0.717) is 22.6 Å². The predicted molar refractivity (Wildman–Crippen MR) is 77.3 cm³/mol. The summed E-state index contributed by atoms with van der Waals surface area (Å²) in [6.45, 7) is 3.21. The van der Waals surface area contributed by atoms with Crippen LogP contribution in [0.25, 0.3) is 5.69 Å². The highest BCUT2D eigenvalue weighted by Crippen LogP contribution is 2.18. The zero-order valence-electron chi connectivity index (χ0n) is 12.5. The molecule has 22 heavy (non-hydrogen) atoms. The smallest absolute Gasteiger partial charge is 0.325 e. The van der Waals surface area contributed by atoms with Crippen molar-refractivity contribution in [3.63, 3.8) is 0 Å². The number of rotatable bonds is 4. The molecule has 2 aromatic rings. The van der Waals surface area contributed by atoms with Gasteiger partial charge < -0.3 is 10.1 Å². The number of hydrogen-bond acceptors (Lipinski definition) is 4. The Kier molecular flexibility index (Phi) is 4.55. The lowest BCUT2D eigenvalue weighted by Gasteiger charge is -2.06. The molecule has 0 fully saturated rings. The van der Waals surface area contributed by atoms with Crippen molar-refractivity contribution < 1.29 is 18.7 Å². The first kappa shape index (κ1) is 15.7. The van der Waals surface area contributed by atoms with Crippen molar-refractivity contribution in [1.82, 2.24) is 15.1 Å². The number of amides is 1. The number of aromatic nitrogens is 2. The van der Waals surface area contributed by atoms with E-state index >= 15 is 0 Å². The Bertz CT molecular complexity index is 708. The van der Waals surface area contributed by atoms with Crippen molar-refractivity contribution in [1.29, 1.82) is 0 Å². The summed E-state index contributed by atoms with van der Waals surface area (Å²) in [4.78, 5) is 23.3. The van der Waals surface area contributed by atoms with Gasteiger partial charge in [-0.05, 0) is 38.1 Å². The van der Waals surface area contributed by atoms with E-state index in [9.17, 15) is 14.0 Å². The number of halogens is 1. The Morgan fingerprint density at radius 2 is 1.91 bits per heavy atom. The molecule has 0 saturated heterocycles. The van der Waals surface area contributed by atoms with E-state index in [0.717, 1.165) is 0 Å². The van der Waals surface area contributed by atoms with Gasteiger partial charge in [0.1, 0.15) is 12.4 Å². The Balaban J connectivity index is 2.29. The Hall–Kier alpha value is -2.70. The van der Waals surface area contributed by atoms with Crippen LogP contribution in [0, 0.1) is 19.7 Å². The molecule has 0 unspecified atom stereocenters. The largest absolute Gasteiger partial charge is 0.468 e. The molecule has 2 rings (SSSR count). The summed E-state index contributed by atoms with van der Waals surface area (Å²) in [5.74, 6) is -1.29. The zero-order valence-corrected chi connectivity index (χ0v) is 12.5. The van der Waals surface area contributed by atoms with Crippen LogP contribution in [-0.2, 0) is 9.53 Å². The minimum atomic E-state index is -0.533. The van der Waals surface area contributed by atoms with Crippen LogP contribution in [0.15, 0.2) is 24.3 Å². The molecule has 0 bridgehead atoms. The van der Waals surface area contributed by atoms with Gasteiger partial charge in [0.25, 0.3) is 5.91 Å². The Morgan fingerprint density at radius 1 is 1.27 bits per heavy atom. The number of benzene rings is 1. The summed E-state index contributed by atoms with van der Waals surface area (Å²) in [5, 5.41) is 6.77. The molecule has 0 saturated carbocycles. The molecule has 116 valence electrons. The van der Waals surface area contributed by atoms with Crippen LogP contribution >= 0.6 is 0 Å². The van der Waals surface area contributed by atoms with Crippen molar-refractivity contribution in [2.45, 2.75) is 13.8 Å². The van der Waals surface area contributed by atoms with Crippen molar-refractivity contribution in [3.8, 4) is 5.69 Å². The SMILES string of the molecule is COC(=O)CNC(=O)c1c(C)nn(-c2ccc(F)cc2)c1C. The van der Waals surface area contributed by atoms with Gasteiger partial charge in [-0.25, -0.2) is 9.07 Å². The quantitative estimate of drug-likeness (QED) is 0.869. The molecular formula is C15H16FN3O3. The van der Waals surface area contributed by atoms with Crippen LogP contribution in [0.1, 0.15) is 21.7 Å². The molecule has 0 aliphatic rings. The van der Waals surface area contributed by atoms with E-state index in [2.05, 4.69) is 15.2 Å². The Morgan fingerprint density at radius 3 is 2.50 bits per heavy atom. The standard InChI is InChI=1S/C15H16FN3O3/c1-9-14(15(21)17-8-13(20)22-3)10(2)19(18-9)12-6-4-11(16)5-7-12/h4-7H,8H2,1-3H3,(H,17,21). The second-order valence-electron chi connectivity index (χ2n) is 4.69. The van der Waals surface area contributed by atoms with Gasteiger partial charge in [-0.1, -0.05) is 0 Å². The maximum absolute atomic E-state index is 13.0. The summed E-state index contributed by atoms with van der Waals surface area (Å²) >= 11 is 0. The topological polar surface area (TPSA) is 73.2 Å². The highest BCUT2D eigenvalue weighted by atomic mass is 19.1. The van der Waals surface area contributed by atoms with E-state index in [1.165, 1.54) is 19.2 Å². The van der Waals surface area contributed by atoms with Crippen LogP contribution in [0.2, 0.25) is 0 Å². The summed E-state index contributed by atoms with van der Waals surface area (Å²) in [5.41, 5.74) is 2.15. The molecule has 1 heterocycles. The molecule has 7 heteroatoms. The van der Waals surface area contributed by atoms with E-state index in [1.54, 1.807) is 30.7 Å². The van der Waals surface area contributed by atoms with Crippen molar-refractivity contribution >= 4 is 11.9 Å². The maximum atomic E-state index is 13.0. The van der Waals surface area contributed by atoms with Crippen molar-refractivity contribution in [2.75, 3.05) is 13.7 Å². The first-order chi connectivity index (χ1) is 10.4. The fourth-order valence-electron chi connectivity index (χ4n) is 2.12. The normalized spacial score (nSPS) is 10.4. The number of methoxy groups -OCH3 is 1. The number of carbonyl (C=O) groups is 2. The lowest BCUT2D eigenvalue weighted by Crippen LogP contribution is -2.30. The maximum Gasteiger partial charge on any atom is 0.325 e. The molecular weight excluding hydrogens is 289 g/mol. The molecule has 1 aromatic heterocycles. The van der Waals surface area contributed by atoms with Gasteiger partial charge >= 0.3 is 5.97 Å². The first-order valence-corrected chi connectivity index (χ1v) is 6.61. The van der Waals surface area contributed by atoms with Crippen LogP contribution < -0.4 is 5.32 Å². The summed E-state index contributed by atoms with van der Waals surface area (Å²) in [7, 11) is 1.25. The zero-order chi connectivity index (χ0) is 16.3. The molecule has 0 radical (unpaired) electrons. The monoisotopic (exact) mass is 305 g/mol. The minimum Gasteiger partial charge on any atom is -0.468 e. The van der Waals surface area contributed by atoms with E-state index in [-0.39, 0.29) is 12.4 Å². The van der Waals surface area contributed by atoms with Crippen LogP contribution in [0.3, 0.4) is 0 Å². The molecule has 1 amide bonds. The average Bonchev–Trinajstić information content (AvgIpc) is 2.80. The van der Waals surface area contributed by atoms with Gasteiger partial charge in [0.05, 0.1) is 29.7 Å². The summed E-state index contributed by atoms with van der Waals surface area (Å²) in [6.07, 6.45) is 0. The van der Waals surface area contributed by atoms with Gasteiger partial charge in [-0.15, -0.1) is 0 Å². The lowest BCUT2D eigenvalue weighted by atomic mass is 10.2. The molecule has 1 N–H and O–H groups in total. The molecule has 6 nitrogen and oxygen atoms in total. The first-order valence-electron chi connectivity index (χ1n) is 6.61. The average molecular weight is 305 g/mol. The third kappa shape index (κ3) is 3.13. The van der Waals surface area contributed by atoms with Gasteiger partial charge in [0.15, 0.2) is 0 Å². The predicted octanol–water partition coefficient (Wildman–Crippen LogP) is 1.53. The van der Waals surface area contributed by atoms with Gasteiger partial charge in [-0.3, -0.25) is 9.59 Å². The molecule has 1 aromatic carbocycles. The number of nitrogens with one attached hydrogen (secondary N) is 1. The third-order valence-corrected chi connectivity index (χ3v) is 3.21. The lowest BCUT2D eigenvalue weighted by molar-refractivity contribution is -0.139. The van der Waals surface area contributed by atoms with Gasteiger partial charge in [-0.2, -0.15) is 5.10 Å². The molecule has 0 atom stereocenters. The number of nitrogens with zero attached hydrogens (tertiary/aromatic N) is 2. The Labute approximate surface area is 126 Å². The van der Waals surface area contributed by atoms with E-state index < -0.39 is 11.9 Å². The minimum absolute atomic E-state index is 0.212. The molecule has 0 spiro atoms. The number of aryl methyl sites for hydroxylation is 1. The molecule has 0 aliphatic carbocycles. The highest BCUT2D eigenvalue weighted by molar-refractivity contribution is 5.98. The fraction of sp³-hybridized carbons (Fsp3) is 0.267. The third-order valence-electron chi connectivity index (χ3n) is 3.21. The second-order valence-corrected chi connectivity index (χ2v) is 4.69. The summed E-state index contributed by atoms with van der Waals surface area (Å²) < 4.78 is 19.0. The van der Waals surface area contributed by atoms with E-state index in [4.69, 9.17) is 0 Å². The number of esters is 1. The fourth-order valence-corrected chi connectivity index (χ4v) is 2.12. The van der Waals surface area contributed by atoms with Crippen LogP contribution in [0.5, 0.6) is 0 Å². The van der Waals surface area contributed by atoms with Crippen molar-refractivity contribution in [3.05, 3.63) is 47.0 Å². The van der Waals surface area contributed by atoms with Gasteiger partial charge in [0.2, 0.25) is 0 Å².